The summed E-state index contributed by atoms with van der Waals surface area (Å²) in [5.74, 6) is 0.0475. The summed E-state index contributed by atoms with van der Waals surface area (Å²) in [5, 5.41) is 0. The van der Waals surface area contributed by atoms with E-state index in [2.05, 4.69) is 9.88 Å². The zero-order chi connectivity index (χ0) is 14.8. The molecule has 0 bridgehead atoms. The average Bonchev–Trinajstić information content (AvgIpc) is 2.38. The standard InChI is InChI=1S/C13H18F3N3O/c1-19-5-3-2-4-9(19)8-20-11-6-12(13(14,15)16)18-7-10(11)17/h6-7,9H,2-5,8,17H2,1H3. The van der Waals surface area contributed by atoms with Crippen molar-refractivity contribution in [2.24, 2.45) is 0 Å². The number of piperidine rings is 1. The second-order valence-electron chi connectivity index (χ2n) is 5.05. The minimum atomic E-state index is -4.49. The number of halogens is 3. The number of likely N-dealkylation sites (N-methyl/N-ethyl adjacent to an activating group) is 1. The molecule has 0 radical (unpaired) electrons. The lowest BCUT2D eigenvalue weighted by Crippen LogP contribution is -2.40. The highest BCUT2D eigenvalue weighted by Crippen LogP contribution is 2.32. The van der Waals surface area contributed by atoms with Crippen LogP contribution in [0.2, 0.25) is 0 Å². The molecule has 112 valence electrons. The van der Waals surface area contributed by atoms with Gasteiger partial charge in [-0.25, -0.2) is 4.98 Å². The molecule has 1 unspecified atom stereocenters. The molecule has 7 heteroatoms. The summed E-state index contributed by atoms with van der Waals surface area (Å²) < 4.78 is 43.2. The van der Waals surface area contributed by atoms with Crippen LogP contribution >= 0.6 is 0 Å². The summed E-state index contributed by atoms with van der Waals surface area (Å²) in [4.78, 5) is 5.44. The molecule has 20 heavy (non-hydrogen) atoms. The van der Waals surface area contributed by atoms with Crippen LogP contribution < -0.4 is 10.5 Å². The SMILES string of the molecule is CN1CCCCC1COc1cc(C(F)(F)F)ncc1N. The van der Waals surface area contributed by atoms with Crippen molar-refractivity contribution in [1.29, 1.82) is 0 Å². The van der Waals surface area contributed by atoms with E-state index in [4.69, 9.17) is 10.5 Å². The molecule has 0 spiro atoms. The van der Waals surface area contributed by atoms with Gasteiger partial charge >= 0.3 is 6.18 Å². The fraction of sp³-hybridized carbons (Fsp3) is 0.615. The zero-order valence-electron chi connectivity index (χ0n) is 11.3. The van der Waals surface area contributed by atoms with Crippen LogP contribution in [-0.2, 0) is 6.18 Å². The van der Waals surface area contributed by atoms with E-state index in [1.165, 1.54) is 0 Å². The summed E-state index contributed by atoms with van der Waals surface area (Å²) in [6, 6.07) is 1.07. The number of pyridine rings is 1. The number of ether oxygens (including phenoxy) is 1. The third-order valence-electron chi connectivity index (χ3n) is 3.54. The molecule has 2 heterocycles. The molecule has 1 aromatic rings. The highest BCUT2D eigenvalue weighted by atomic mass is 19.4. The van der Waals surface area contributed by atoms with Crippen molar-refractivity contribution in [3.8, 4) is 5.75 Å². The molecule has 0 aromatic carbocycles. The van der Waals surface area contributed by atoms with Crippen LogP contribution in [0.5, 0.6) is 5.75 Å². The molecule has 0 saturated carbocycles. The van der Waals surface area contributed by atoms with E-state index in [1.54, 1.807) is 0 Å². The van der Waals surface area contributed by atoms with E-state index in [-0.39, 0.29) is 17.5 Å². The lowest BCUT2D eigenvalue weighted by Gasteiger charge is -2.32. The van der Waals surface area contributed by atoms with Gasteiger partial charge in [0.2, 0.25) is 0 Å². The second-order valence-corrected chi connectivity index (χ2v) is 5.05. The van der Waals surface area contributed by atoms with Gasteiger partial charge in [0.15, 0.2) is 0 Å². The predicted molar refractivity (Wildman–Crippen MR) is 69.4 cm³/mol. The van der Waals surface area contributed by atoms with Crippen LogP contribution in [-0.4, -0.2) is 36.1 Å². The molecule has 2 N–H and O–H groups in total. The third kappa shape index (κ3) is 3.53. The van der Waals surface area contributed by atoms with Crippen LogP contribution in [0.15, 0.2) is 12.3 Å². The van der Waals surface area contributed by atoms with Crippen molar-refractivity contribution in [1.82, 2.24) is 9.88 Å². The lowest BCUT2D eigenvalue weighted by molar-refractivity contribution is -0.141. The molecule has 2 rings (SSSR count). The summed E-state index contributed by atoms with van der Waals surface area (Å²) in [6.45, 7) is 1.32. The van der Waals surface area contributed by atoms with Crippen molar-refractivity contribution in [2.45, 2.75) is 31.5 Å². The van der Waals surface area contributed by atoms with Gasteiger partial charge in [-0.05, 0) is 26.4 Å². The number of rotatable bonds is 3. The maximum Gasteiger partial charge on any atom is 0.433 e. The number of aromatic nitrogens is 1. The Morgan fingerprint density at radius 1 is 1.45 bits per heavy atom. The molecule has 1 aliphatic heterocycles. The molecule has 1 fully saturated rings. The summed E-state index contributed by atoms with van der Waals surface area (Å²) >= 11 is 0. The molecule has 1 aliphatic rings. The van der Waals surface area contributed by atoms with E-state index in [0.717, 1.165) is 38.1 Å². The lowest BCUT2D eigenvalue weighted by atomic mass is 10.0. The number of hydrogen-bond acceptors (Lipinski definition) is 4. The number of hydrogen-bond donors (Lipinski definition) is 1. The molecule has 1 aromatic heterocycles. The van der Waals surface area contributed by atoms with Crippen molar-refractivity contribution in [3.05, 3.63) is 18.0 Å². The van der Waals surface area contributed by atoms with Crippen molar-refractivity contribution < 1.29 is 17.9 Å². The Balaban J connectivity index is 2.05. The van der Waals surface area contributed by atoms with Crippen LogP contribution in [0.4, 0.5) is 18.9 Å². The van der Waals surface area contributed by atoms with Gasteiger partial charge in [0.05, 0.1) is 11.9 Å². The average molecular weight is 289 g/mol. The van der Waals surface area contributed by atoms with Crippen LogP contribution in [0.1, 0.15) is 25.0 Å². The first-order valence-corrected chi connectivity index (χ1v) is 6.53. The van der Waals surface area contributed by atoms with Crippen molar-refractivity contribution in [2.75, 3.05) is 25.9 Å². The van der Waals surface area contributed by atoms with E-state index in [0.29, 0.717) is 6.61 Å². The number of alkyl halides is 3. The van der Waals surface area contributed by atoms with Gasteiger partial charge in [0, 0.05) is 12.1 Å². The molecule has 1 saturated heterocycles. The first-order valence-electron chi connectivity index (χ1n) is 6.53. The van der Waals surface area contributed by atoms with Crippen molar-refractivity contribution in [3.63, 3.8) is 0 Å². The first kappa shape index (κ1) is 14.9. The molecule has 1 atom stereocenters. The van der Waals surface area contributed by atoms with Gasteiger partial charge in [-0.1, -0.05) is 6.42 Å². The minimum absolute atomic E-state index is 0.0475. The number of anilines is 1. The fourth-order valence-corrected chi connectivity index (χ4v) is 2.27. The number of nitrogens with zero attached hydrogens (tertiary/aromatic N) is 2. The van der Waals surface area contributed by atoms with E-state index in [9.17, 15) is 13.2 Å². The van der Waals surface area contributed by atoms with E-state index in [1.807, 2.05) is 7.05 Å². The Kier molecular flexibility index (Phi) is 4.37. The van der Waals surface area contributed by atoms with E-state index >= 15 is 0 Å². The smallest absolute Gasteiger partial charge is 0.433 e. The predicted octanol–water partition coefficient (Wildman–Crippen LogP) is 2.55. The normalized spacial score (nSPS) is 20.9. The fourth-order valence-electron chi connectivity index (χ4n) is 2.27. The van der Waals surface area contributed by atoms with Gasteiger partial charge in [0.25, 0.3) is 0 Å². The molecule has 0 amide bonds. The Morgan fingerprint density at radius 2 is 2.20 bits per heavy atom. The zero-order valence-corrected chi connectivity index (χ0v) is 11.3. The van der Waals surface area contributed by atoms with Crippen LogP contribution in [0.3, 0.4) is 0 Å². The van der Waals surface area contributed by atoms with Gasteiger partial charge in [-0.3, -0.25) is 0 Å². The summed E-state index contributed by atoms with van der Waals surface area (Å²) in [5.41, 5.74) is 4.75. The van der Waals surface area contributed by atoms with Crippen LogP contribution in [0, 0.1) is 0 Å². The Morgan fingerprint density at radius 3 is 2.85 bits per heavy atom. The monoisotopic (exact) mass is 289 g/mol. The third-order valence-corrected chi connectivity index (χ3v) is 3.54. The largest absolute Gasteiger partial charge is 0.490 e. The molecular weight excluding hydrogens is 271 g/mol. The highest BCUT2D eigenvalue weighted by molar-refractivity contribution is 5.51. The quantitative estimate of drug-likeness (QED) is 0.929. The van der Waals surface area contributed by atoms with Crippen molar-refractivity contribution >= 4 is 5.69 Å². The Labute approximate surface area is 115 Å². The topological polar surface area (TPSA) is 51.4 Å². The maximum absolute atomic E-state index is 12.6. The Hall–Kier alpha value is -1.50. The number of nitrogen functional groups attached to an aromatic ring is 1. The molecule has 0 aliphatic carbocycles. The van der Waals surface area contributed by atoms with Gasteiger partial charge < -0.3 is 15.4 Å². The highest BCUT2D eigenvalue weighted by Gasteiger charge is 2.33. The van der Waals surface area contributed by atoms with E-state index < -0.39 is 11.9 Å². The minimum Gasteiger partial charge on any atom is -0.490 e. The van der Waals surface area contributed by atoms with Gasteiger partial charge in [-0.15, -0.1) is 0 Å². The second kappa shape index (κ2) is 5.87. The summed E-state index contributed by atoms with van der Waals surface area (Å²) in [7, 11) is 1.99. The maximum atomic E-state index is 12.6. The summed E-state index contributed by atoms with van der Waals surface area (Å²) in [6.07, 6.45) is -0.273. The molecular formula is C13H18F3N3O. The van der Waals surface area contributed by atoms with Gasteiger partial charge in [0.1, 0.15) is 18.1 Å². The first-order chi connectivity index (χ1) is 9.38. The Bertz CT molecular complexity index is 465. The molecule has 4 nitrogen and oxygen atoms in total. The number of likely N-dealkylation sites (tertiary alicyclic amines) is 1. The van der Waals surface area contributed by atoms with Gasteiger partial charge in [-0.2, -0.15) is 13.2 Å². The number of nitrogens with two attached hydrogens (primary N) is 1. The van der Waals surface area contributed by atoms with Crippen LogP contribution in [0.25, 0.3) is 0 Å².